The number of nitrogens with one attached hydrogen (secondary N) is 1. The maximum atomic E-state index is 12.9. The Morgan fingerprint density at radius 1 is 1.12 bits per heavy atom. The number of aromatic nitrogens is 1. The SMILES string of the molecule is CC(C)c1ccc(-c2csc(NC(=O)C3CCCN(S(=O)(=O)c4ccccc4)C3)n2)cc1. The summed E-state index contributed by atoms with van der Waals surface area (Å²) in [7, 11) is -3.60. The van der Waals surface area contributed by atoms with Gasteiger partial charge in [-0.15, -0.1) is 11.3 Å². The predicted molar refractivity (Wildman–Crippen MR) is 128 cm³/mol. The van der Waals surface area contributed by atoms with Crippen molar-refractivity contribution >= 4 is 32.4 Å². The van der Waals surface area contributed by atoms with Crippen LogP contribution in [0.2, 0.25) is 0 Å². The van der Waals surface area contributed by atoms with Crippen LogP contribution in [0.1, 0.15) is 38.2 Å². The highest BCUT2D eigenvalue weighted by molar-refractivity contribution is 7.89. The van der Waals surface area contributed by atoms with E-state index in [1.54, 1.807) is 30.3 Å². The number of benzene rings is 2. The van der Waals surface area contributed by atoms with Crippen molar-refractivity contribution in [1.29, 1.82) is 0 Å². The fraction of sp³-hybridized carbons (Fsp3) is 0.333. The number of nitrogens with zero attached hydrogens (tertiary/aromatic N) is 2. The van der Waals surface area contributed by atoms with Crippen molar-refractivity contribution < 1.29 is 13.2 Å². The number of rotatable bonds is 6. The number of thiazole rings is 1. The van der Waals surface area contributed by atoms with Crippen LogP contribution in [0, 0.1) is 5.92 Å². The molecule has 1 aliphatic rings. The van der Waals surface area contributed by atoms with Crippen LogP contribution in [0.15, 0.2) is 64.9 Å². The highest BCUT2D eigenvalue weighted by Gasteiger charge is 2.33. The van der Waals surface area contributed by atoms with Crippen LogP contribution in [0.25, 0.3) is 11.3 Å². The van der Waals surface area contributed by atoms with E-state index in [0.717, 1.165) is 11.3 Å². The molecule has 0 radical (unpaired) electrons. The minimum absolute atomic E-state index is 0.179. The average Bonchev–Trinajstić information content (AvgIpc) is 3.28. The van der Waals surface area contributed by atoms with Gasteiger partial charge in [-0.25, -0.2) is 13.4 Å². The van der Waals surface area contributed by atoms with Crippen LogP contribution in [-0.2, 0) is 14.8 Å². The van der Waals surface area contributed by atoms with Crippen LogP contribution in [0.5, 0.6) is 0 Å². The molecule has 2 heterocycles. The Kier molecular flexibility index (Phi) is 6.74. The Morgan fingerprint density at radius 3 is 2.53 bits per heavy atom. The molecule has 3 aromatic rings. The summed E-state index contributed by atoms with van der Waals surface area (Å²) in [6, 6.07) is 16.7. The highest BCUT2D eigenvalue weighted by Crippen LogP contribution is 2.28. The van der Waals surface area contributed by atoms with Gasteiger partial charge in [-0.05, 0) is 36.5 Å². The van der Waals surface area contributed by atoms with Crippen LogP contribution in [0.3, 0.4) is 0 Å². The van der Waals surface area contributed by atoms with Gasteiger partial charge >= 0.3 is 0 Å². The second kappa shape index (κ2) is 9.52. The van der Waals surface area contributed by atoms with Gasteiger partial charge in [0.05, 0.1) is 16.5 Å². The zero-order valence-corrected chi connectivity index (χ0v) is 19.8. The Morgan fingerprint density at radius 2 is 1.84 bits per heavy atom. The second-order valence-electron chi connectivity index (χ2n) is 8.32. The van der Waals surface area contributed by atoms with Crippen molar-refractivity contribution in [3.63, 3.8) is 0 Å². The summed E-state index contributed by atoms with van der Waals surface area (Å²) in [5.74, 6) is -0.121. The predicted octanol–water partition coefficient (Wildman–Crippen LogP) is 4.97. The molecule has 0 aliphatic carbocycles. The van der Waals surface area contributed by atoms with Gasteiger partial charge in [0.2, 0.25) is 15.9 Å². The molecule has 0 bridgehead atoms. The van der Waals surface area contributed by atoms with E-state index >= 15 is 0 Å². The van der Waals surface area contributed by atoms with Crippen molar-refractivity contribution in [3.05, 3.63) is 65.5 Å². The first-order chi connectivity index (χ1) is 15.3. The molecule has 1 atom stereocenters. The molecule has 32 heavy (non-hydrogen) atoms. The van der Waals surface area contributed by atoms with E-state index < -0.39 is 15.9 Å². The molecule has 6 nitrogen and oxygen atoms in total. The molecule has 0 spiro atoms. The first-order valence-corrected chi connectivity index (χ1v) is 13.1. The number of amides is 1. The summed E-state index contributed by atoms with van der Waals surface area (Å²) >= 11 is 1.38. The van der Waals surface area contributed by atoms with E-state index in [1.165, 1.54) is 21.2 Å². The summed E-state index contributed by atoms with van der Waals surface area (Å²) in [6.45, 7) is 4.92. The maximum absolute atomic E-state index is 12.9. The van der Waals surface area contributed by atoms with Crippen LogP contribution in [0.4, 0.5) is 5.13 Å². The Labute approximate surface area is 193 Å². The van der Waals surface area contributed by atoms with Crippen molar-refractivity contribution in [2.45, 2.75) is 37.5 Å². The van der Waals surface area contributed by atoms with Gasteiger partial charge in [0.1, 0.15) is 0 Å². The second-order valence-corrected chi connectivity index (χ2v) is 11.1. The van der Waals surface area contributed by atoms with E-state index in [0.29, 0.717) is 30.4 Å². The molecular weight excluding hydrogens is 442 g/mol. The van der Waals surface area contributed by atoms with Crippen LogP contribution >= 0.6 is 11.3 Å². The third-order valence-corrected chi connectivity index (χ3v) is 8.38. The molecule has 1 saturated heterocycles. The Balaban J connectivity index is 1.42. The lowest BCUT2D eigenvalue weighted by Gasteiger charge is -2.31. The van der Waals surface area contributed by atoms with Crippen molar-refractivity contribution in [2.24, 2.45) is 5.92 Å². The number of hydrogen-bond donors (Lipinski definition) is 1. The molecule has 1 unspecified atom stereocenters. The van der Waals surface area contributed by atoms with E-state index in [4.69, 9.17) is 0 Å². The molecule has 2 aromatic carbocycles. The maximum Gasteiger partial charge on any atom is 0.243 e. The average molecular weight is 470 g/mol. The van der Waals surface area contributed by atoms with Crippen LogP contribution in [-0.4, -0.2) is 36.7 Å². The van der Waals surface area contributed by atoms with E-state index in [9.17, 15) is 13.2 Å². The van der Waals surface area contributed by atoms with Crippen molar-refractivity contribution in [1.82, 2.24) is 9.29 Å². The molecule has 1 N–H and O–H groups in total. The normalized spacial score (nSPS) is 17.4. The number of piperidine rings is 1. The summed E-state index contributed by atoms with van der Waals surface area (Å²) in [6.07, 6.45) is 1.30. The monoisotopic (exact) mass is 469 g/mol. The van der Waals surface area contributed by atoms with Gasteiger partial charge in [-0.2, -0.15) is 4.31 Å². The van der Waals surface area contributed by atoms with Crippen molar-refractivity contribution in [3.8, 4) is 11.3 Å². The summed E-state index contributed by atoms with van der Waals surface area (Å²) < 4.78 is 27.3. The minimum atomic E-state index is -3.60. The third-order valence-electron chi connectivity index (χ3n) is 5.74. The standard InChI is InChI=1S/C24H27N3O3S2/c1-17(2)18-10-12-19(13-11-18)22-16-31-24(25-22)26-23(28)20-7-6-14-27(15-20)32(29,30)21-8-4-3-5-9-21/h3-5,8-13,16-17,20H,6-7,14-15H2,1-2H3,(H,25,26,28). The quantitative estimate of drug-likeness (QED) is 0.553. The number of hydrogen-bond acceptors (Lipinski definition) is 5. The zero-order valence-electron chi connectivity index (χ0n) is 18.2. The molecular formula is C24H27N3O3S2. The van der Waals surface area contributed by atoms with Gasteiger partial charge in [0, 0.05) is 24.0 Å². The molecule has 168 valence electrons. The Hall–Kier alpha value is -2.55. The molecule has 0 saturated carbocycles. The number of anilines is 1. The summed E-state index contributed by atoms with van der Waals surface area (Å²) in [4.78, 5) is 17.7. The molecule has 1 amide bonds. The lowest BCUT2D eigenvalue weighted by molar-refractivity contribution is -0.120. The van der Waals surface area contributed by atoms with E-state index in [2.05, 4.69) is 36.3 Å². The molecule has 1 aliphatic heterocycles. The highest BCUT2D eigenvalue weighted by atomic mass is 32.2. The van der Waals surface area contributed by atoms with Gasteiger partial charge in [-0.1, -0.05) is 56.3 Å². The fourth-order valence-electron chi connectivity index (χ4n) is 3.83. The van der Waals surface area contributed by atoms with Gasteiger partial charge < -0.3 is 5.32 Å². The molecule has 1 aromatic heterocycles. The summed E-state index contributed by atoms with van der Waals surface area (Å²) in [5.41, 5.74) is 3.09. The molecule has 8 heteroatoms. The van der Waals surface area contributed by atoms with Gasteiger partial charge in [-0.3, -0.25) is 4.79 Å². The fourth-order valence-corrected chi connectivity index (χ4v) is 6.09. The number of carbonyl (C=O) groups is 1. The lowest BCUT2D eigenvalue weighted by atomic mass is 9.99. The Bertz CT molecular complexity index is 1170. The number of carbonyl (C=O) groups excluding carboxylic acids is 1. The number of sulfonamides is 1. The minimum Gasteiger partial charge on any atom is -0.302 e. The van der Waals surface area contributed by atoms with Crippen molar-refractivity contribution in [2.75, 3.05) is 18.4 Å². The lowest BCUT2D eigenvalue weighted by Crippen LogP contribution is -2.43. The topological polar surface area (TPSA) is 79.4 Å². The first kappa shape index (κ1) is 22.6. The summed E-state index contributed by atoms with van der Waals surface area (Å²) in [5, 5.41) is 5.34. The zero-order chi connectivity index (χ0) is 22.7. The molecule has 1 fully saturated rings. The van der Waals surface area contributed by atoms with Gasteiger partial charge in [0.15, 0.2) is 5.13 Å². The largest absolute Gasteiger partial charge is 0.302 e. The van der Waals surface area contributed by atoms with Gasteiger partial charge in [0.25, 0.3) is 0 Å². The van der Waals surface area contributed by atoms with Crippen LogP contribution < -0.4 is 5.32 Å². The van der Waals surface area contributed by atoms with E-state index in [1.807, 2.05) is 17.5 Å². The first-order valence-electron chi connectivity index (χ1n) is 10.8. The third kappa shape index (κ3) is 4.92. The van der Waals surface area contributed by atoms with E-state index in [-0.39, 0.29) is 17.3 Å². The molecule has 4 rings (SSSR count). The smallest absolute Gasteiger partial charge is 0.243 e.